The van der Waals surface area contributed by atoms with Gasteiger partial charge >= 0.3 is 0 Å². The molecule has 10 nitrogen and oxygen atoms in total. The molecule has 35 heavy (non-hydrogen) atoms. The Kier molecular flexibility index (Phi) is 7.89. The third-order valence-corrected chi connectivity index (χ3v) is 9.78. The topological polar surface area (TPSA) is 110 Å². The predicted molar refractivity (Wildman–Crippen MR) is 136 cm³/mol. The smallest absolute Gasteiger partial charge is 0.282 e. The van der Waals surface area contributed by atoms with Crippen LogP contribution in [0.4, 0.5) is 5.95 Å². The standard InChI is InChI=1S/C22H33ClN6O4S2/c1-15-12-28(35(31,32)27-9-5-6-10-27)13-17(15)19-25-21(24-11-16-7-8-18(23)34-16)29(26-19)20(30)22(2,3)14-33-4/h7-8,15,17H,5-6,9-14H2,1-4H3,(H,24,25,26). The molecular formula is C22H33ClN6O4S2. The number of thiophene rings is 1. The van der Waals surface area contributed by atoms with Crippen molar-refractivity contribution in [1.29, 1.82) is 0 Å². The normalized spacial score (nSPS) is 22.2. The van der Waals surface area contributed by atoms with Crippen LogP contribution in [0, 0.1) is 11.3 Å². The Bertz CT molecular complexity index is 1160. The molecule has 0 radical (unpaired) electrons. The summed E-state index contributed by atoms with van der Waals surface area (Å²) in [6, 6.07) is 3.74. The van der Waals surface area contributed by atoms with Gasteiger partial charge in [-0.15, -0.1) is 16.4 Å². The maximum atomic E-state index is 13.4. The number of methoxy groups -OCH3 is 1. The molecule has 2 saturated heterocycles. The van der Waals surface area contributed by atoms with E-state index in [1.807, 2.05) is 19.1 Å². The van der Waals surface area contributed by atoms with E-state index in [1.165, 1.54) is 20.3 Å². The van der Waals surface area contributed by atoms with E-state index in [9.17, 15) is 13.2 Å². The van der Waals surface area contributed by atoms with Gasteiger partial charge in [0.1, 0.15) is 0 Å². The number of hydrogen-bond donors (Lipinski definition) is 1. The molecular weight excluding hydrogens is 512 g/mol. The van der Waals surface area contributed by atoms with E-state index in [1.54, 1.807) is 25.3 Å². The zero-order valence-corrected chi connectivity index (χ0v) is 22.9. The zero-order chi connectivity index (χ0) is 25.4. The van der Waals surface area contributed by atoms with E-state index in [-0.39, 0.29) is 24.3 Å². The van der Waals surface area contributed by atoms with E-state index >= 15 is 0 Å². The Morgan fingerprint density at radius 3 is 2.60 bits per heavy atom. The van der Waals surface area contributed by atoms with Crippen LogP contribution in [0.15, 0.2) is 12.1 Å². The summed E-state index contributed by atoms with van der Waals surface area (Å²) in [5, 5.41) is 7.83. The third kappa shape index (κ3) is 5.57. The summed E-state index contributed by atoms with van der Waals surface area (Å²) in [7, 11) is -1.96. The van der Waals surface area contributed by atoms with Crippen LogP contribution in [-0.2, 0) is 21.5 Å². The first-order chi connectivity index (χ1) is 16.5. The molecule has 2 unspecified atom stereocenters. The summed E-state index contributed by atoms with van der Waals surface area (Å²) in [6.07, 6.45) is 1.78. The number of nitrogens with zero attached hydrogens (tertiary/aromatic N) is 5. The summed E-state index contributed by atoms with van der Waals surface area (Å²) in [6.45, 7) is 8.08. The van der Waals surface area contributed by atoms with Gasteiger partial charge in [-0.3, -0.25) is 4.79 Å². The molecule has 2 aliphatic rings. The number of nitrogens with one attached hydrogen (secondary N) is 1. The molecule has 0 bridgehead atoms. The first-order valence-electron chi connectivity index (χ1n) is 11.8. The quantitative estimate of drug-likeness (QED) is 0.515. The van der Waals surface area contributed by atoms with E-state index < -0.39 is 15.6 Å². The highest BCUT2D eigenvalue weighted by atomic mass is 35.5. The summed E-state index contributed by atoms with van der Waals surface area (Å²) < 4.78 is 36.6. The number of ether oxygens (including phenoxy) is 1. The van der Waals surface area contributed by atoms with Crippen molar-refractivity contribution in [2.45, 2.75) is 46.1 Å². The highest BCUT2D eigenvalue weighted by molar-refractivity contribution is 7.86. The molecule has 1 N–H and O–H groups in total. The summed E-state index contributed by atoms with van der Waals surface area (Å²) >= 11 is 7.50. The van der Waals surface area contributed by atoms with Crippen molar-refractivity contribution in [3.8, 4) is 0 Å². The summed E-state index contributed by atoms with van der Waals surface area (Å²) in [5.74, 6) is 0.326. The second kappa shape index (κ2) is 10.4. The van der Waals surface area contributed by atoms with Crippen molar-refractivity contribution in [3.05, 3.63) is 27.2 Å². The highest BCUT2D eigenvalue weighted by Gasteiger charge is 2.43. The highest BCUT2D eigenvalue weighted by Crippen LogP contribution is 2.35. The van der Waals surface area contributed by atoms with Crippen molar-refractivity contribution < 1.29 is 17.9 Å². The number of anilines is 1. The van der Waals surface area contributed by atoms with Crippen LogP contribution in [0.3, 0.4) is 0 Å². The van der Waals surface area contributed by atoms with Gasteiger partial charge in [-0.25, -0.2) is 0 Å². The van der Waals surface area contributed by atoms with E-state index in [0.717, 1.165) is 17.7 Å². The lowest BCUT2D eigenvalue weighted by molar-refractivity contribution is 0.0528. The molecule has 4 heterocycles. The summed E-state index contributed by atoms with van der Waals surface area (Å²) in [4.78, 5) is 19.1. The Balaban J connectivity index is 1.60. The van der Waals surface area contributed by atoms with E-state index in [2.05, 4.69) is 15.4 Å². The Hall–Kier alpha value is -1.57. The SMILES string of the molecule is COCC(C)(C)C(=O)n1nc(C2CN(S(=O)(=O)N3CCCC3)CC2C)nc1NCc1ccc(Cl)s1. The van der Waals surface area contributed by atoms with Crippen LogP contribution in [0.2, 0.25) is 4.34 Å². The van der Waals surface area contributed by atoms with Gasteiger partial charge in [-0.05, 0) is 44.7 Å². The lowest BCUT2D eigenvalue weighted by Crippen LogP contribution is -2.41. The fraction of sp³-hybridized carbons (Fsp3) is 0.682. The minimum absolute atomic E-state index is 0.00858. The third-order valence-electron chi connectivity index (χ3n) is 6.58. The maximum absolute atomic E-state index is 13.4. The number of carbonyl (C=O) groups is 1. The molecule has 0 saturated carbocycles. The van der Waals surface area contributed by atoms with Crippen molar-refractivity contribution in [3.63, 3.8) is 0 Å². The van der Waals surface area contributed by atoms with Gasteiger partial charge in [0, 0.05) is 44.1 Å². The molecule has 2 aliphatic heterocycles. The van der Waals surface area contributed by atoms with Crippen LogP contribution < -0.4 is 5.32 Å². The molecule has 0 aromatic carbocycles. The Labute approximate surface area is 215 Å². The Morgan fingerprint density at radius 1 is 1.26 bits per heavy atom. The number of aromatic nitrogens is 3. The lowest BCUT2D eigenvalue weighted by atomic mass is 9.94. The molecule has 0 spiro atoms. The number of rotatable bonds is 9. The molecule has 2 aromatic heterocycles. The molecule has 13 heteroatoms. The van der Waals surface area contributed by atoms with Gasteiger partial charge in [0.05, 0.1) is 22.9 Å². The van der Waals surface area contributed by atoms with Crippen LogP contribution >= 0.6 is 22.9 Å². The minimum Gasteiger partial charge on any atom is -0.384 e. The van der Waals surface area contributed by atoms with Crippen molar-refractivity contribution in [1.82, 2.24) is 23.4 Å². The zero-order valence-electron chi connectivity index (χ0n) is 20.5. The fourth-order valence-corrected chi connectivity index (χ4v) is 7.44. The average Bonchev–Trinajstić information content (AvgIpc) is 3.58. The maximum Gasteiger partial charge on any atom is 0.282 e. The minimum atomic E-state index is -3.51. The van der Waals surface area contributed by atoms with Crippen LogP contribution in [-0.4, -0.2) is 77.6 Å². The number of hydrogen-bond acceptors (Lipinski definition) is 8. The second-order valence-corrected chi connectivity index (χ2v) is 13.6. The lowest BCUT2D eigenvalue weighted by Gasteiger charge is -2.23. The van der Waals surface area contributed by atoms with Crippen molar-refractivity contribution in [2.24, 2.45) is 11.3 Å². The predicted octanol–water partition coefficient (Wildman–Crippen LogP) is 3.29. The number of halogens is 1. The molecule has 4 rings (SSSR count). The molecule has 0 amide bonds. The first kappa shape index (κ1) is 26.5. The van der Waals surface area contributed by atoms with Crippen LogP contribution in [0.1, 0.15) is 55.0 Å². The van der Waals surface area contributed by atoms with Crippen molar-refractivity contribution >= 4 is 45.0 Å². The Morgan fingerprint density at radius 2 is 1.97 bits per heavy atom. The monoisotopic (exact) mass is 544 g/mol. The summed E-state index contributed by atoms with van der Waals surface area (Å²) in [5.41, 5.74) is -0.825. The van der Waals surface area contributed by atoms with Crippen LogP contribution in [0.25, 0.3) is 0 Å². The molecule has 0 aliphatic carbocycles. The van der Waals surface area contributed by atoms with Gasteiger partial charge in [0.2, 0.25) is 5.95 Å². The van der Waals surface area contributed by atoms with Gasteiger partial charge < -0.3 is 10.1 Å². The molecule has 2 atom stereocenters. The van der Waals surface area contributed by atoms with Gasteiger partial charge in [0.15, 0.2) is 5.82 Å². The second-order valence-electron chi connectivity index (χ2n) is 9.90. The van der Waals surface area contributed by atoms with E-state index in [0.29, 0.717) is 48.8 Å². The first-order valence-corrected chi connectivity index (χ1v) is 14.4. The molecule has 2 fully saturated rings. The van der Waals surface area contributed by atoms with Crippen molar-refractivity contribution in [2.75, 3.05) is 45.2 Å². The largest absolute Gasteiger partial charge is 0.384 e. The van der Waals surface area contributed by atoms with Gasteiger partial charge in [0.25, 0.3) is 16.1 Å². The van der Waals surface area contributed by atoms with Gasteiger partial charge in [-0.2, -0.15) is 26.7 Å². The molecule has 2 aromatic rings. The average molecular weight is 545 g/mol. The molecule has 194 valence electrons. The number of carbonyl (C=O) groups excluding carboxylic acids is 1. The fourth-order valence-electron chi connectivity index (χ4n) is 4.59. The van der Waals surface area contributed by atoms with Gasteiger partial charge in [-0.1, -0.05) is 18.5 Å². The van der Waals surface area contributed by atoms with Crippen LogP contribution in [0.5, 0.6) is 0 Å². The van der Waals surface area contributed by atoms with E-state index in [4.69, 9.17) is 16.3 Å².